The number of piperazine rings is 1. The zero-order valence-corrected chi connectivity index (χ0v) is 15.9. The third kappa shape index (κ3) is 3.29. The van der Waals surface area contributed by atoms with Gasteiger partial charge in [0.25, 0.3) is 5.91 Å². The van der Waals surface area contributed by atoms with Crippen molar-refractivity contribution in [3.8, 4) is 11.1 Å². The molecule has 3 aromatic rings. The Hall–Kier alpha value is -3.06. The summed E-state index contributed by atoms with van der Waals surface area (Å²) < 4.78 is 14.6. The fraction of sp³-hybridized carbons (Fsp3) is 0.286. The Labute approximate surface area is 163 Å². The van der Waals surface area contributed by atoms with Crippen LogP contribution in [-0.2, 0) is 0 Å². The van der Waals surface area contributed by atoms with E-state index in [2.05, 4.69) is 20.2 Å². The molecule has 7 heteroatoms. The van der Waals surface area contributed by atoms with Crippen LogP contribution in [0.25, 0.3) is 22.0 Å². The van der Waals surface area contributed by atoms with Crippen LogP contribution in [0.3, 0.4) is 0 Å². The Morgan fingerprint density at radius 3 is 2.64 bits per heavy atom. The molecule has 2 aromatic carbocycles. The molecule has 1 amide bonds. The van der Waals surface area contributed by atoms with Crippen LogP contribution in [0.1, 0.15) is 10.4 Å². The molecule has 0 bridgehead atoms. The van der Waals surface area contributed by atoms with Gasteiger partial charge in [-0.2, -0.15) is 0 Å². The summed E-state index contributed by atoms with van der Waals surface area (Å²) in [6.45, 7) is 3.59. The summed E-state index contributed by atoms with van der Waals surface area (Å²) in [6, 6.07) is 10.5. The first-order chi connectivity index (χ1) is 13.6. The number of benzene rings is 2. The van der Waals surface area contributed by atoms with Gasteiger partial charge in [-0.25, -0.2) is 14.4 Å². The van der Waals surface area contributed by atoms with E-state index >= 15 is 0 Å². The monoisotopic (exact) mass is 379 g/mol. The molecular weight excluding hydrogens is 357 g/mol. The van der Waals surface area contributed by atoms with Gasteiger partial charge in [0.15, 0.2) is 0 Å². The van der Waals surface area contributed by atoms with E-state index in [4.69, 9.17) is 0 Å². The normalized spacial score (nSPS) is 14.3. The molecule has 0 saturated carbocycles. The van der Waals surface area contributed by atoms with Crippen molar-refractivity contribution in [2.75, 3.05) is 45.2 Å². The average molecular weight is 379 g/mol. The number of amides is 1. The van der Waals surface area contributed by atoms with Crippen molar-refractivity contribution in [3.63, 3.8) is 0 Å². The summed E-state index contributed by atoms with van der Waals surface area (Å²) >= 11 is 0. The standard InChI is InChI=1S/C21H22FN5O/c1-26(2)21(28)16-7-6-14(12-18(16)22)15-4-3-5-17-19(15)24-13-25-20(17)27-10-8-23-9-11-27/h3-7,12-13,23H,8-11H2,1-2H3. The van der Waals surface area contributed by atoms with Crippen LogP contribution >= 0.6 is 0 Å². The van der Waals surface area contributed by atoms with Crippen LogP contribution in [0.4, 0.5) is 10.2 Å². The minimum Gasteiger partial charge on any atom is -0.353 e. The van der Waals surface area contributed by atoms with Gasteiger partial charge in [0, 0.05) is 51.2 Å². The van der Waals surface area contributed by atoms with E-state index in [0.717, 1.165) is 48.5 Å². The molecule has 0 unspecified atom stereocenters. The van der Waals surface area contributed by atoms with Gasteiger partial charge >= 0.3 is 0 Å². The second-order valence-electron chi connectivity index (χ2n) is 7.03. The number of para-hydroxylation sites is 1. The first kappa shape index (κ1) is 18.3. The largest absolute Gasteiger partial charge is 0.353 e. The predicted octanol–water partition coefficient (Wildman–Crippen LogP) is 2.55. The summed E-state index contributed by atoms with van der Waals surface area (Å²) in [4.78, 5) is 24.7. The van der Waals surface area contributed by atoms with Gasteiger partial charge in [-0.1, -0.05) is 18.2 Å². The number of anilines is 1. The van der Waals surface area contributed by atoms with E-state index in [1.807, 2.05) is 18.2 Å². The number of hydrogen-bond donors (Lipinski definition) is 1. The van der Waals surface area contributed by atoms with E-state index < -0.39 is 5.82 Å². The number of halogens is 1. The highest BCUT2D eigenvalue weighted by molar-refractivity contribution is 6.00. The van der Waals surface area contributed by atoms with Gasteiger partial charge in [0.05, 0.1) is 11.1 Å². The van der Waals surface area contributed by atoms with Gasteiger partial charge in [-0.15, -0.1) is 0 Å². The summed E-state index contributed by atoms with van der Waals surface area (Å²) in [5.74, 6) is 0.00287. The van der Waals surface area contributed by atoms with Crippen molar-refractivity contribution >= 4 is 22.6 Å². The molecule has 28 heavy (non-hydrogen) atoms. The lowest BCUT2D eigenvalue weighted by Gasteiger charge is -2.29. The lowest BCUT2D eigenvalue weighted by molar-refractivity contribution is 0.0823. The molecule has 0 spiro atoms. The summed E-state index contributed by atoms with van der Waals surface area (Å²) in [6.07, 6.45) is 1.56. The Balaban J connectivity index is 1.79. The minimum absolute atomic E-state index is 0.0603. The van der Waals surface area contributed by atoms with Crippen LogP contribution in [-0.4, -0.2) is 61.0 Å². The number of fused-ring (bicyclic) bond motifs is 1. The predicted molar refractivity (Wildman–Crippen MR) is 108 cm³/mol. The van der Waals surface area contributed by atoms with Crippen LogP contribution in [0.5, 0.6) is 0 Å². The van der Waals surface area contributed by atoms with E-state index in [-0.39, 0.29) is 11.5 Å². The zero-order chi connectivity index (χ0) is 19.7. The molecule has 1 aromatic heterocycles. The van der Waals surface area contributed by atoms with Gasteiger partial charge < -0.3 is 15.1 Å². The molecular formula is C21H22FN5O. The fourth-order valence-electron chi connectivity index (χ4n) is 3.53. The zero-order valence-electron chi connectivity index (χ0n) is 15.9. The molecule has 144 valence electrons. The SMILES string of the molecule is CN(C)C(=O)c1ccc(-c2cccc3c(N4CCNCC4)ncnc23)cc1F. The molecule has 1 saturated heterocycles. The molecule has 1 aliphatic rings. The minimum atomic E-state index is -0.537. The summed E-state index contributed by atoms with van der Waals surface area (Å²) in [7, 11) is 3.21. The quantitative estimate of drug-likeness (QED) is 0.758. The maximum Gasteiger partial charge on any atom is 0.256 e. The Bertz CT molecular complexity index is 1030. The third-order valence-electron chi connectivity index (χ3n) is 4.98. The van der Waals surface area contributed by atoms with Gasteiger partial charge in [-0.05, 0) is 23.8 Å². The molecule has 1 N–H and O–H groups in total. The van der Waals surface area contributed by atoms with Crippen LogP contribution in [0.2, 0.25) is 0 Å². The number of aromatic nitrogens is 2. The smallest absolute Gasteiger partial charge is 0.256 e. The van der Waals surface area contributed by atoms with E-state index in [1.165, 1.54) is 17.0 Å². The molecule has 1 fully saturated rings. The maximum atomic E-state index is 14.6. The molecule has 0 radical (unpaired) electrons. The van der Waals surface area contributed by atoms with Crippen molar-refractivity contribution in [1.29, 1.82) is 0 Å². The average Bonchev–Trinajstić information content (AvgIpc) is 2.73. The van der Waals surface area contributed by atoms with Crippen molar-refractivity contribution < 1.29 is 9.18 Å². The highest BCUT2D eigenvalue weighted by atomic mass is 19.1. The molecule has 2 heterocycles. The molecule has 0 aliphatic carbocycles. The van der Waals surface area contributed by atoms with Crippen molar-refractivity contribution in [1.82, 2.24) is 20.2 Å². The number of rotatable bonds is 3. The molecule has 0 atom stereocenters. The van der Waals surface area contributed by atoms with E-state index in [1.54, 1.807) is 26.5 Å². The lowest BCUT2D eigenvalue weighted by atomic mass is 10.00. The van der Waals surface area contributed by atoms with Gasteiger partial charge in [0.2, 0.25) is 0 Å². The Kier molecular flexibility index (Phi) is 4.92. The highest BCUT2D eigenvalue weighted by Crippen LogP contribution is 2.32. The molecule has 1 aliphatic heterocycles. The van der Waals surface area contributed by atoms with Crippen LogP contribution in [0.15, 0.2) is 42.7 Å². The number of nitrogens with zero attached hydrogens (tertiary/aromatic N) is 4. The van der Waals surface area contributed by atoms with Gasteiger partial charge in [0.1, 0.15) is 18.0 Å². The topological polar surface area (TPSA) is 61.4 Å². The summed E-state index contributed by atoms with van der Waals surface area (Å²) in [5.41, 5.74) is 2.34. The third-order valence-corrected chi connectivity index (χ3v) is 4.98. The fourth-order valence-corrected chi connectivity index (χ4v) is 3.53. The highest BCUT2D eigenvalue weighted by Gasteiger charge is 2.18. The van der Waals surface area contributed by atoms with E-state index in [9.17, 15) is 9.18 Å². The molecule has 4 rings (SSSR count). The Morgan fingerprint density at radius 2 is 1.93 bits per heavy atom. The number of carbonyl (C=O) groups is 1. The number of hydrogen-bond acceptors (Lipinski definition) is 5. The van der Waals surface area contributed by atoms with Crippen molar-refractivity contribution in [2.24, 2.45) is 0 Å². The first-order valence-electron chi connectivity index (χ1n) is 9.27. The molecule has 6 nitrogen and oxygen atoms in total. The van der Waals surface area contributed by atoms with Crippen molar-refractivity contribution in [3.05, 3.63) is 54.1 Å². The second-order valence-corrected chi connectivity index (χ2v) is 7.03. The van der Waals surface area contributed by atoms with Crippen molar-refractivity contribution in [2.45, 2.75) is 0 Å². The first-order valence-corrected chi connectivity index (χ1v) is 9.27. The maximum absolute atomic E-state index is 14.6. The van der Waals surface area contributed by atoms with E-state index in [0.29, 0.717) is 5.56 Å². The number of nitrogens with one attached hydrogen (secondary N) is 1. The Morgan fingerprint density at radius 1 is 1.14 bits per heavy atom. The number of carbonyl (C=O) groups excluding carboxylic acids is 1. The second kappa shape index (κ2) is 7.52. The summed E-state index contributed by atoms with van der Waals surface area (Å²) in [5, 5.41) is 4.28. The van der Waals surface area contributed by atoms with Crippen LogP contribution in [0, 0.1) is 5.82 Å². The van der Waals surface area contributed by atoms with Crippen LogP contribution < -0.4 is 10.2 Å². The lowest BCUT2D eigenvalue weighted by Crippen LogP contribution is -2.44. The van der Waals surface area contributed by atoms with Gasteiger partial charge in [-0.3, -0.25) is 4.79 Å².